The fourth-order valence-corrected chi connectivity index (χ4v) is 2.78. The van der Waals surface area contributed by atoms with E-state index < -0.39 is 5.41 Å². The summed E-state index contributed by atoms with van der Waals surface area (Å²) in [5, 5.41) is 4.20. The van der Waals surface area contributed by atoms with Crippen LogP contribution in [0, 0.1) is 5.41 Å². The van der Waals surface area contributed by atoms with E-state index in [-0.39, 0.29) is 5.91 Å². The first kappa shape index (κ1) is 14.6. The number of nitrogens with one attached hydrogen (secondary N) is 1. The van der Waals surface area contributed by atoms with Gasteiger partial charge >= 0.3 is 0 Å². The van der Waals surface area contributed by atoms with Gasteiger partial charge in [-0.15, -0.1) is 0 Å². The number of fused-ring (bicyclic) bond motifs is 1. The van der Waals surface area contributed by atoms with Crippen LogP contribution in [0.3, 0.4) is 0 Å². The van der Waals surface area contributed by atoms with Gasteiger partial charge in [0.05, 0.1) is 11.1 Å². The minimum atomic E-state index is -0.470. The molecule has 0 saturated carbocycles. The van der Waals surface area contributed by atoms with Gasteiger partial charge in [0.2, 0.25) is 11.8 Å². The van der Waals surface area contributed by atoms with Crippen LogP contribution >= 0.6 is 0 Å². The Morgan fingerprint density at radius 3 is 2.62 bits per heavy atom. The lowest BCUT2D eigenvalue weighted by molar-refractivity contribution is -0.129. The molecule has 5 heteroatoms. The number of nitrogens with zero attached hydrogens (tertiary/aromatic N) is 2. The number of hydrogen-bond acceptors (Lipinski definition) is 4. The van der Waals surface area contributed by atoms with Crippen molar-refractivity contribution in [2.45, 2.75) is 20.3 Å². The Balaban J connectivity index is 1.73. The summed E-state index contributed by atoms with van der Waals surface area (Å²) in [6.07, 6.45) is 0.587. The second-order valence-electron chi connectivity index (χ2n) is 6.63. The highest BCUT2D eigenvalue weighted by molar-refractivity contribution is 6.07. The van der Waals surface area contributed by atoms with E-state index in [9.17, 15) is 4.79 Å². The van der Waals surface area contributed by atoms with Crippen LogP contribution in [0.4, 0.5) is 0 Å². The second kappa shape index (κ2) is 5.30. The summed E-state index contributed by atoms with van der Waals surface area (Å²) >= 11 is 0. The first-order valence-corrected chi connectivity index (χ1v) is 7.86. The molecule has 1 amide bonds. The highest BCUT2D eigenvalue weighted by Crippen LogP contribution is 2.29. The molecule has 2 heterocycles. The van der Waals surface area contributed by atoms with E-state index in [1.807, 2.05) is 62.4 Å². The van der Waals surface area contributed by atoms with Gasteiger partial charge in [0.1, 0.15) is 5.52 Å². The molecule has 3 aromatic rings. The number of hydrazone groups is 1. The Morgan fingerprint density at radius 1 is 1.08 bits per heavy atom. The number of hydrogen-bond donors (Lipinski definition) is 1. The van der Waals surface area contributed by atoms with Gasteiger partial charge in [0.25, 0.3) is 0 Å². The molecule has 2 aromatic carbocycles. The third-order valence-corrected chi connectivity index (χ3v) is 4.26. The number of oxazole rings is 1. The molecule has 0 aliphatic carbocycles. The molecule has 0 spiro atoms. The third kappa shape index (κ3) is 2.48. The van der Waals surface area contributed by atoms with Gasteiger partial charge in [-0.05, 0) is 24.3 Å². The van der Waals surface area contributed by atoms with E-state index in [2.05, 4.69) is 15.5 Å². The predicted molar refractivity (Wildman–Crippen MR) is 92.5 cm³/mol. The molecule has 0 saturated heterocycles. The molecule has 1 aromatic heterocycles. The molecule has 4 rings (SSSR count). The van der Waals surface area contributed by atoms with Crippen molar-refractivity contribution in [3.8, 4) is 11.5 Å². The predicted octanol–water partition coefficient (Wildman–Crippen LogP) is 3.75. The van der Waals surface area contributed by atoms with E-state index in [1.165, 1.54) is 0 Å². The Hall–Kier alpha value is -2.95. The molecular weight excluding hydrogens is 302 g/mol. The van der Waals surface area contributed by atoms with Crippen LogP contribution in [0.1, 0.15) is 25.8 Å². The van der Waals surface area contributed by atoms with Crippen molar-refractivity contribution in [2.24, 2.45) is 10.5 Å². The van der Waals surface area contributed by atoms with E-state index >= 15 is 0 Å². The molecule has 0 radical (unpaired) electrons. The lowest BCUT2D eigenvalue weighted by Crippen LogP contribution is -2.40. The summed E-state index contributed by atoms with van der Waals surface area (Å²) < 4.78 is 5.91. The number of rotatable bonds is 2. The number of amides is 1. The Kier molecular flexibility index (Phi) is 3.23. The maximum absolute atomic E-state index is 11.8. The van der Waals surface area contributed by atoms with Gasteiger partial charge in [-0.25, -0.2) is 10.4 Å². The summed E-state index contributed by atoms with van der Waals surface area (Å²) in [6, 6.07) is 15.6. The Morgan fingerprint density at radius 2 is 1.88 bits per heavy atom. The maximum Gasteiger partial charge on any atom is 0.246 e. The molecule has 0 fully saturated rings. The van der Waals surface area contributed by atoms with Crippen LogP contribution in [0.15, 0.2) is 58.0 Å². The minimum absolute atomic E-state index is 0.0571. The van der Waals surface area contributed by atoms with Crippen LogP contribution in [0.25, 0.3) is 22.6 Å². The summed E-state index contributed by atoms with van der Waals surface area (Å²) in [7, 11) is 0. The lowest BCUT2D eigenvalue weighted by atomic mass is 9.83. The van der Waals surface area contributed by atoms with Gasteiger partial charge in [-0.3, -0.25) is 4.79 Å². The molecule has 0 unspecified atom stereocenters. The molecule has 5 nitrogen and oxygen atoms in total. The third-order valence-electron chi connectivity index (χ3n) is 4.26. The van der Waals surface area contributed by atoms with E-state index in [4.69, 9.17) is 4.42 Å². The zero-order valence-corrected chi connectivity index (χ0v) is 13.5. The summed E-state index contributed by atoms with van der Waals surface area (Å²) in [4.78, 5) is 16.4. The average Bonchev–Trinajstić information content (AvgIpc) is 3.01. The van der Waals surface area contributed by atoms with Crippen molar-refractivity contribution in [2.75, 3.05) is 0 Å². The minimum Gasteiger partial charge on any atom is -0.436 e. The molecule has 1 aliphatic heterocycles. The van der Waals surface area contributed by atoms with Crippen LogP contribution < -0.4 is 5.43 Å². The average molecular weight is 319 g/mol. The van der Waals surface area contributed by atoms with Crippen molar-refractivity contribution in [1.82, 2.24) is 10.4 Å². The van der Waals surface area contributed by atoms with Crippen molar-refractivity contribution in [3.63, 3.8) is 0 Å². The monoisotopic (exact) mass is 319 g/mol. The quantitative estimate of drug-likeness (QED) is 0.782. The Labute approximate surface area is 139 Å². The molecular formula is C19H17N3O2. The summed E-state index contributed by atoms with van der Waals surface area (Å²) in [5.41, 5.74) is 6.37. The van der Waals surface area contributed by atoms with Gasteiger partial charge in [-0.1, -0.05) is 38.1 Å². The van der Waals surface area contributed by atoms with E-state index in [0.717, 1.165) is 22.4 Å². The SMILES string of the molecule is CC1(C)CC(c2ccc3nc(-c4ccccc4)oc3c2)=NNC1=O. The molecule has 0 bridgehead atoms. The second-order valence-corrected chi connectivity index (χ2v) is 6.63. The van der Waals surface area contributed by atoms with Gasteiger partial charge in [-0.2, -0.15) is 5.10 Å². The van der Waals surface area contributed by atoms with Crippen LogP contribution in [0.5, 0.6) is 0 Å². The van der Waals surface area contributed by atoms with E-state index in [0.29, 0.717) is 17.9 Å². The van der Waals surface area contributed by atoms with Crippen molar-refractivity contribution in [1.29, 1.82) is 0 Å². The molecule has 24 heavy (non-hydrogen) atoms. The van der Waals surface area contributed by atoms with Crippen molar-refractivity contribution >= 4 is 22.7 Å². The van der Waals surface area contributed by atoms with Gasteiger partial charge in [0, 0.05) is 17.5 Å². The lowest BCUT2D eigenvalue weighted by Gasteiger charge is -2.27. The van der Waals surface area contributed by atoms with Gasteiger partial charge < -0.3 is 4.42 Å². The summed E-state index contributed by atoms with van der Waals surface area (Å²) in [6.45, 7) is 3.83. The van der Waals surface area contributed by atoms with Crippen molar-refractivity contribution in [3.05, 3.63) is 54.1 Å². The standard InChI is InChI=1S/C19H17N3O2/c1-19(2)11-15(21-22-18(19)23)13-8-9-14-16(10-13)24-17(20-14)12-6-4-3-5-7-12/h3-10H,11H2,1-2H3,(H,22,23). The smallest absolute Gasteiger partial charge is 0.246 e. The van der Waals surface area contributed by atoms with Gasteiger partial charge in [0.15, 0.2) is 5.58 Å². The molecule has 1 aliphatic rings. The highest BCUT2D eigenvalue weighted by Gasteiger charge is 2.33. The summed E-state index contributed by atoms with van der Waals surface area (Å²) in [5.74, 6) is 0.542. The first-order chi connectivity index (χ1) is 11.5. The zero-order chi connectivity index (χ0) is 16.7. The Bertz CT molecular complexity index is 955. The fraction of sp³-hybridized carbons (Fsp3) is 0.211. The first-order valence-electron chi connectivity index (χ1n) is 7.86. The molecule has 0 atom stereocenters. The number of carbonyl (C=O) groups excluding carboxylic acids is 1. The van der Waals surface area contributed by atoms with Crippen molar-refractivity contribution < 1.29 is 9.21 Å². The van der Waals surface area contributed by atoms with Crippen LogP contribution in [-0.4, -0.2) is 16.6 Å². The maximum atomic E-state index is 11.8. The molecule has 1 N–H and O–H groups in total. The number of aromatic nitrogens is 1. The van der Waals surface area contributed by atoms with Crippen LogP contribution in [0.2, 0.25) is 0 Å². The molecule has 120 valence electrons. The largest absolute Gasteiger partial charge is 0.436 e. The van der Waals surface area contributed by atoms with Crippen LogP contribution in [-0.2, 0) is 4.79 Å². The zero-order valence-electron chi connectivity index (χ0n) is 13.5. The fourth-order valence-electron chi connectivity index (χ4n) is 2.78. The number of carbonyl (C=O) groups is 1. The topological polar surface area (TPSA) is 67.5 Å². The number of benzene rings is 2. The highest BCUT2D eigenvalue weighted by atomic mass is 16.3. The van der Waals surface area contributed by atoms with E-state index in [1.54, 1.807) is 0 Å². The normalized spacial score (nSPS) is 16.8.